The predicted molar refractivity (Wildman–Crippen MR) is 74.5 cm³/mol. The highest BCUT2D eigenvalue weighted by atomic mass is 16.2. The summed E-state index contributed by atoms with van der Waals surface area (Å²) in [5, 5.41) is 2.48. The second-order valence-electron chi connectivity index (χ2n) is 5.30. The zero-order chi connectivity index (χ0) is 15.2. The molecule has 0 fully saturated rings. The largest absolute Gasteiger partial charge is 0.347 e. The van der Waals surface area contributed by atoms with Gasteiger partial charge in [0, 0.05) is 11.0 Å². The Bertz CT molecular complexity index is 492. The predicted octanol–water partition coefficient (Wildman–Crippen LogP) is 0.610. The van der Waals surface area contributed by atoms with Gasteiger partial charge in [0.15, 0.2) is 0 Å². The van der Waals surface area contributed by atoms with Gasteiger partial charge in [-0.1, -0.05) is 39.0 Å². The van der Waals surface area contributed by atoms with Gasteiger partial charge < -0.3 is 5.32 Å². The topological polar surface area (TPSA) is 87.3 Å². The van der Waals surface area contributed by atoms with Crippen molar-refractivity contribution >= 4 is 17.7 Å². The minimum atomic E-state index is -0.562. The van der Waals surface area contributed by atoms with Gasteiger partial charge in [-0.3, -0.25) is 25.2 Å². The van der Waals surface area contributed by atoms with Crippen LogP contribution in [-0.2, 0) is 9.59 Å². The summed E-state index contributed by atoms with van der Waals surface area (Å²) in [6.07, 6.45) is 0. The van der Waals surface area contributed by atoms with E-state index in [2.05, 4.69) is 16.2 Å². The molecule has 0 saturated heterocycles. The average molecular weight is 277 g/mol. The van der Waals surface area contributed by atoms with E-state index in [1.54, 1.807) is 51.1 Å². The lowest BCUT2D eigenvalue weighted by atomic mass is 9.96. The van der Waals surface area contributed by atoms with Gasteiger partial charge in [0.2, 0.25) is 5.91 Å². The molecule has 20 heavy (non-hydrogen) atoms. The zero-order valence-electron chi connectivity index (χ0n) is 11.8. The number of nitrogens with one attached hydrogen (secondary N) is 3. The Hall–Kier alpha value is -2.37. The summed E-state index contributed by atoms with van der Waals surface area (Å²) in [5.41, 5.74) is 4.38. The molecule has 1 rings (SSSR count). The van der Waals surface area contributed by atoms with E-state index in [1.807, 2.05) is 0 Å². The molecule has 0 aromatic heterocycles. The third-order valence-corrected chi connectivity index (χ3v) is 2.44. The normalized spacial score (nSPS) is 10.6. The second kappa shape index (κ2) is 6.70. The quantitative estimate of drug-likeness (QED) is 0.707. The van der Waals surface area contributed by atoms with Gasteiger partial charge >= 0.3 is 0 Å². The van der Waals surface area contributed by atoms with E-state index in [0.29, 0.717) is 5.56 Å². The van der Waals surface area contributed by atoms with Crippen LogP contribution >= 0.6 is 0 Å². The fourth-order valence-electron chi connectivity index (χ4n) is 1.26. The highest BCUT2D eigenvalue weighted by Crippen LogP contribution is 2.11. The van der Waals surface area contributed by atoms with Crippen molar-refractivity contribution in [3.8, 4) is 0 Å². The first-order chi connectivity index (χ1) is 9.30. The lowest BCUT2D eigenvalue weighted by Crippen LogP contribution is -2.47. The van der Waals surface area contributed by atoms with Crippen LogP contribution in [0.1, 0.15) is 31.1 Å². The molecule has 0 unspecified atom stereocenters. The number of hydrogen-bond acceptors (Lipinski definition) is 3. The molecule has 0 bridgehead atoms. The van der Waals surface area contributed by atoms with Crippen molar-refractivity contribution in [1.82, 2.24) is 16.2 Å². The van der Waals surface area contributed by atoms with Crippen molar-refractivity contribution in [3.63, 3.8) is 0 Å². The van der Waals surface area contributed by atoms with E-state index in [0.717, 1.165) is 0 Å². The number of amides is 3. The molecule has 0 spiro atoms. The molecule has 6 heteroatoms. The van der Waals surface area contributed by atoms with Crippen molar-refractivity contribution in [2.45, 2.75) is 20.8 Å². The summed E-state index contributed by atoms with van der Waals surface area (Å²) in [4.78, 5) is 34.7. The van der Waals surface area contributed by atoms with Crippen molar-refractivity contribution in [2.24, 2.45) is 5.41 Å². The third-order valence-electron chi connectivity index (χ3n) is 2.44. The Labute approximate surface area is 117 Å². The molecule has 108 valence electrons. The lowest BCUT2D eigenvalue weighted by molar-refractivity contribution is -0.131. The van der Waals surface area contributed by atoms with Crippen LogP contribution in [0.25, 0.3) is 0 Å². The van der Waals surface area contributed by atoms with Crippen LogP contribution < -0.4 is 16.2 Å². The maximum absolute atomic E-state index is 11.6. The van der Waals surface area contributed by atoms with Gasteiger partial charge in [-0.25, -0.2) is 0 Å². The second-order valence-corrected chi connectivity index (χ2v) is 5.30. The molecule has 0 aliphatic heterocycles. The number of hydrogen-bond donors (Lipinski definition) is 3. The van der Waals surface area contributed by atoms with Gasteiger partial charge in [0.1, 0.15) is 0 Å². The first-order valence-electron chi connectivity index (χ1n) is 6.23. The van der Waals surface area contributed by atoms with Crippen LogP contribution in [-0.4, -0.2) is 24.3 Å². The van der Waals surface area contributed by atoms with Gasteiger partial charge in [-0.15, -0.1) is 0 Å². The van der Waals surface area contributed by atoms with E-state index < -0.39 is 17.2 Å². The molecule has 1 aromatic carbocycles. The Kier molecular flexibility index (Phi) is 5.25. The number of rotatable bonds is 3. The van der Waals surface area contributed by atoms with Gasteiger partial charge in [0.05, 0.1) is 6.54 Å². The molecule has 6 nitrogen and oxygen atoms in total. The van der Waals surface area contributed by atoms with E-state index >= 15 is 0 Å². The van der Waals surface area contributed by atoms with Crippen LogP contribution in [0.4, 0.5) is 0 Å². The summed E-state index contributed by atoms with van der Waals surface area (Å²) < 4.78 is 0. The van der Waals surface area contributed by atoms with E-state index in [1.165, 1.54) is 0 Å². The monoisotopic (exact) mass is 277 g/mol. The average Bonchev–Trinajstić information content (AvgIpc) is 2.41. The van der Waals surface area contributed by atoms with Crippen LogP contribution in [0.15, 0.2) is 30.3 Å². The van der Waals surface area contributed by atoms with Crippen molar-refractivity contribution in [1.29, 1.82) is 0 Å². The highest BCUT2D eigenvalue weighted by molar-refractivity contribution is 5.95. The number of benzene rings is 1. The van der Waals surface area contributed by atoms with E-state index in [4.69, 9.17) is 0 Å². The molecule has 0 heterocycles. The number of carbonyl (C=O) groups excluding carboxylic acids is 3. The SMILES string of the molecule is CC(C)(C)C(=O)NCC(=O)NNC(=O)c1ccccc1. The molecule has 0 saturated carbocycles. The molecule has 0 radical (unpaired) electrons. The summed E-state index contributed by atoms with van der Waals surface area (Å²) >= 11 is 0. The molecule has 3 amide bonds. The van der Waals surface area contributed by atoms with Crippen LogP contribution in [0.2, 0.25) is 0 Å². The van der Waals surface area contributed by atoms with Crippen molar-refractivity contribution in [2.75, 3.05) is 6.54 Å². The van der Waals surface area contributed by atoms with Crippen LogP contribution in [0, 0.1) is 5.41 Å². The third kappa shape index (κ3) is 5.09. The Morgan fingerprint density at radius 3 is 2.15 bits per heavy atom. The van der Waals surface area contributed by atoms with Crippen LogP contribution in [0.5, 0.6) is 0 Å². The first kappa shape index (κ1) is 15.7. The van der Waals surface area contributed by atoms with Crippen molar-refractivity contribution < 1.29 is 14.4 Å². The Morgan fingerprint density at radius 2 is 1.60 bits per heavy atom. The van der Waals surface area contributed by atoms with Crippen LogP contribution in [0.3, 0.4) is 0 Å². The molecular weight excluding hydrogens is 258 g/mol. The maximum Gasteiger partial charge on any atom is 0.269 e. The fraction of sp³-hybridized carbons (Fsp3) is 0.357. The summed E-state index contributed by atoms with van der Waals surface area (Å²) in [7, 11) is 0. The molecule has 0 aliphatic rings. The first-order valence-corrected chi connectivity index (χ1v) is 6.23. The smallest absolute Gasteiger partial charge is 0.269 e. The van der Waals surface area contributed by atoms with E-state index in [9.17, 15) is 14.4 Å². The van der Waals surface area contributed by atoms with Gasteiger partial charge in [-0.2, -0.15) is 0 Å². The molecule has 0 atom stereocenters. The molecule has 0 aliphatic carbocycles. The van der Waals surface area contributed by atoms with Crippen molar-refractivity contribution in [3.05, 3.63) is 35.9 Å². The summed E-state index contributed by atoms with van der Waals surface area (Å²) in [6.45, 7) is 5.05. The molecular formula is C14H19N3O3. The van der Waals surface area contributed by atoms with Gasteiger partial charge in [-0.05, 0) is 12.1 Å². The Morgan fingerprint density at radius 1 is 1.00 bits per heavy atom. The maximum atomic E-state index is 11.6. The zero-order valence-corrected chi connectivity index (χ0v) is 11.8. The fourth-order valence-corrected chi connectivity index (χ4v) is 1.26. The summed E-state index contributed by atoms with van der Waals surface area (Å²) in [6, 6.07) is 8.49. The highest BCUT2D eigenvalue weighted by Gasteiger charge is 2.21. The lowest BCUT2D eigenvalue weighted by Gasteiger charge is -2.17. The molecule has 1 aromatic rings. The standard InChI is InChI=1S/C14H19N3O3/c1-14(2,3)13(20)15-9-11(18)16-17-12(19)10-7-5-4-6-8-10/h4-8H,9H2,1-3H3,(H,15,20)(H,16,18)(H,17,19). The summed E-state index contributed by atoms with van der Waals surface area (Å²) in [5.74, 6) is -1.14. The number of hydrazine groups is 1. The Balaban J connectivity index is 2.34. The number of carbonyl (C=O) groups is 3. The van der Waals surface area contributed by atoms with E-state index in [-0.39, 0.29) is 12.5 Å². The van der Waals surface area contributed by atoms with Gasteiger partial charge in [0.25, 0.3) is 11.8 Å². The minimum Gasteiger partial charge on any atom is -0.347 e. The molecule has 3 N–H and O–H groups in total. The minimum absolute atomic E-state index is 0.189.